The second kappa shape index (κ2) is 16.9. The summed E-state index contributed by atoms with van der Waals surface area (Å²) < 4.78 is 23.2. The molecule has 0 aliphatic carbocycles. The number of hydrogen-bond donors (Lipinski definition) is 1. The van der Waals surface area contributed by atoms with Crippen LogP contribution in [0.5, 0.6) is 0 Å². The molecular formula is C29H52N2O7. The second-order valence-electron chi connectivity index (χ2n) is 11.1. The molecule has 1 saturated heterocycles. The highest BCUT2D eigenvalue weighted by molar-refractivity contribution is 5.82. The van der Waals surface area contributed by atoms with E-state index in [2.05, 4.69) is 0 Å². The minimum atomic E-state index is -0.418. The number of carbonyl (C=O) groups excluding carboxylic acids is 3. The van der Waals surface area contributed by atoms with Crippen molar-refractivity contribution in [3.63, 3.8) is 0 Å². The zero-order chi connectivity index (χ0) is 29.0. The third-order valence-corrected chi connectivity index (χ3v) is 7.43. The lowest BCUT2D eigenvalue weighted by Gasteiger charge is -2.35. The van der Waals surface area contributed by atoms with Crippen molar-refractivity contribution in [1.82, 2.24) is 4.90 Å². The lowest BCUT2D eigenvalue weighted by Crippen LogP contribution is -2.43. The molecular weight excluding hydrogens is 488 g/mol. The SMILES string of the molecule is CCC(=O)O[C@@H](C[C@H](OC)[C@@H](N)CC[C@@H](OC(=O)C(C)C)[C@H](C)[C@H](OC)[C@H](C)/C=C/N1CCC1=O)C(C)C. The summed E-state index contributed by atoms with van der Waals surface area (Å²) in [5.41, 5.74) is 6.58. The smallest absolute Gasteiger partial charge is 0.308 e. The van der Waals surface area contributed by atoms with Gasteiger partial charge in [0.1, 0.15) is 12.2 Å². The van der Waals surface area contributed by atoms with Gasteiger partial charge in [-0.25, -0.2) is 0 Å². The second-order valence-corrected chi connectivity index (χ2v) is 11.1. The van der Waals surface area contributed by atoms with E-state index in [-0.39, 0.29) is 65.9 Å². The highest BCUT2D eigenvalue weighted by Gasteiger charge is 2.34. The number of methoxy groups -OCH3 is 2. The van der Waals surface area contributed by atoms with Gasteiger partial charge in [-0.2, -0.15) is 0 Å². The van der Waals surface area contributed by atoms with Gasteiger partial charge in [0, 0.05) is 64.1 Å². The average molecular weight is 541 g/mol. The summed E-state index contributed by atoms with van der Waals surface area (Å²) >= 11 is 0. The standard InChI is InChI=1S/C29H52N2O7/c1-10-27(33)37-24(18(2)3)17-25(35-8)22(30)11-12-23(38-29(34)19(4)5)21(7)28(36-9)20(6)13-15-31-16-14-26(31)32/h13,15,18-25,28H,10-12,14,16-17,30H2,1-9H3/b15-13+/t20-,21+,22+,23-,24+,25+,28-/m1/s1. The van der Waals surface area contributed by atoms with Crippen LogP contribution in [0, 0.1) is 23.7 Å². The maximum absolute atomic E-state index is 12.6. The van der Waals surface area contributed by atoms with Gasteiger partial charge in [0.2, 0.25) is 5.91 Å². The minimum absolute atomic E-state index is 0.0101. The Bertz CT molecular complexity index is 770. The molecule has 1 aliphatic rings. The van der Waals surface area contributed by atoms with Gasteiger partial charge in [-0.1, -0.05) is 54.5 Å². The van der Waals surface area contributed by atoms with E-state index in [0.717, 1.165) is 6.54 Å². The number of esters is 2. The van der Waals surface area contributed by atoms with E-state index in [9.17, 15) is 14.4 Å². The highest BCUT2D eigenvalue weighted by atomic mass is 16.6. The van der Waals surface area contributed by atoms with Gasteiger partial charge in [-0.15, -0.1) is 0 Å². The quantitative estimate of drug-likeness (QED) is 0.204. The Morgan fingerprint density at radius 1 is 0.974 bits per heavy atom. The predicted octanol–water partition coefficient (Wildman–Crippen LogP) is 4.08. The molecule has 1 fully saturated rings. The van der Waals surface area contributed by atoms with E-state index in [4.69, 9.17) is 24.7 Å². The fourth-order valence-corrected chi connectivity index (χ4v) is 4.60. The number of likely N-dealkylation sites (tertiary alicyclic amines) is 1. The monoisotopic (exact) mass is 540 g/mol. The molecule has 1 amide bonds. The number of carbonyl (C=O) groups is 3. The van der Waals surface area contributed by atoms with E-state index in [1.54, 1.807) is 26.0 Å². The summed E-state index contributed by atoms with van der Waals surface area (Å²) in [4.78, 5) is 37.8. The Kier molecular flexibility index (Phi) is 15.1. The molecule has 1 aliphatic heterocycles. The van der Waals surface area contributed by atoms with Crippen LogP contribution in [0.1, 0.15) is 80.6 Å². The van der Waals surface area contributed by atoms with Gasteiger partial charge in [-0.05, 0) is 18.8 Å². The van der Waals surface area contributed by atoms with Crippen LogP contribution in [0.15, 0.2) is 12.3 Å². The molecule has 0 bridgehead atoms. The number of nitrogens with zero attached hydrogens (tertiary/aromatic N) is 1. The molecule has 0 spiro atoms. The van der Waals surface area contributed by atoms with Crippen LogP contribution in [-0.2, 0) is 33.3 Å². The van der Waals surface area contributed by atoms with Crippen molar-refractivity contribution in [1.29, 1.82) is 0 Å². The number of nitrogens with two attached hydrogens (primary N) is 1. The zero-order valence-corrected chi connectivity index (χ0v) is 25.0. The Balaban J connectivity index is 2.95. The molecule has 7 atom stereocenters. The highest BCUT2D eigenvalue weighted by Crippen LogP contribution is 2.28. The molecule has 0 aromatic heterocycles. The zero-order valence-electron chi connectivity index (χ0n) is 25.0. The fraction of sp³-hybridized carbons (Fsp3) is 0.828. The summed E-state index contributed by atoms with van der Waals surface area (Å²) in [6.45, 7) is 14.2. The molecule has 0 unspecified atom stereocenters. The maximum Gasteiger partial charge on any atom is 0.308 e. The van der Waals surface area contributed by atoms with Crippen LogP contribution in [-0.4, -0.2) is 74.0 Å². The summed E-state index contributed by atoms with van der Waals surface area (Å²) in [6, 6.07) is -0.343. The van der Waals surface area contributed by atoms with Crippen molar-refractivity contribution in [2.24, 2.45) is 29.4 Å². The van der Waals surface area contributed by atoms with Gasteiger partial charge >= 0.3 is 11.9 Å². The molecule has 220 valence electrons. The Labute approximate surface area is 229 Å². The predicted molar refractivity (Wildman–Crippen MR) is 147 cm³/mol. The number of amides is 1. The van der Waals surface area contributed by atoms with E-state index >= 15 is 0 Å². The summed E-state index contributed by atoms with van der Waals surface area (Å²) in [6.07, 6.45) is 4.99. The first-order chi connectivity index (χ1) is 17.9. The maximum atomic E-state index is 12.6. The number of hydrogen-bond acceptors (Lipinski definition) is 8. The largest absolute Gasteiger partial charge is 0.462 e. The molecule has 9 nitrogen and oxygen atoms in total. The normalized spacial score (nSPS) is 19.6. The molecule has 0 saturated carbocycles. The Morgan fingerprint density at radius 3 is 2.08 bits per heavy atom. The number of β-lactam (4-membered cyclic amide) rings is 1. The third kappa shape index (κ3) is 10.7. The van der Waals surface area contributed by atoms with Crippen molar-refractivity contribution in [3.8, 4) is 0 Å². The molecule has 9 heteroatoms. The van der Waals surface area contributed by atoms with Crippen molar-refractivity contribution in [2.45, 2.75) is 111 Å². The van der Waals surface area contributed by atoms with E-state index < -0.39 is 6.10 Å². The van der Waals surface area contributed by atoms with Crippen molar-refractivity contribution >= 4 is 17.8 Å². The molecule has 38 heavy (non-hydrogen) atoms. The van der Waals surface area contributed by atoms with Gasteiger partial charge in [0.05, 0.1) is 18.1 Å². The average Bonchev–Trinajstić information content (AvgIpc) is 2.87. The molecule has 1 rings (SSSR count). The number of ether oxygens (including phenoxy) is 4. The van der Waals surface area contributed by atoms with Gasteiger partial charge in [0.15, 0.2) is 0 Å². The molecule has 2 N–H and O–H groups in total. The number of rotatable bonds is 18. The van der Waals surface area contributed by atoms with Crippen molar-refractivity contribution in [3.05, 3.63) is 12.3 Å². The van der Waals surface area contributed by atoms with E-state index in [1.165, 1.54) is 0 Å². The van der Waals surface area contributed by atoms with E-state index in [0.29, 0.717) is 32.1 Å². The van der Waals surface area contributed by atoms with Gasteiger partial charge < -0.3 is 29.6 Å². The summed E-state index contributed by atoms with van der Waals surface area (Å²) in [5, 5.41) is 0. The van der Waals surface area contributed by atoms with Crippen LogP contribution < -0.4 is 5.73 Å². The molecule has 0 aromatic rings. The first-order valence-corrected chi connectivity index (χ1v) is 14.0. The van der Waals surface area contributed by atoms with Crippen LogP contribution in [0.3, 0.4) is 0 Å². The van der Waals surface area contributed by atoms with Crippen molar-refractivity contribution in [2.75, 3.05) is 20.8 Å². The first-order valence-electron chi connectivity index (χ1n) is 14.0. The van der Waals surface area contributed by atoms with Crippen molar-refractivity contribution < 1.29 is 33.3 Å². The van der Waals surface area contributed by atoms with Crippen LogP contribution >= 0.6 is 0 Å². The molecule has 1 heterocycles. The third-order valence-electron chi connectivity index (χ3n) is 7.43. The lowest BCUT2D eigenvalue weighted by atomic mass is 9.85. The molecule has 0 aromatic carbocycles. The Morgan fingerprint density at radius 2 is 1.63 bits per heavy atom. The summed E-state index contributed by atoms with van der Waals surface area (Å²) in [7, 11) is 3.26. The van der Waals surface area contributed by atoms with Gasteiger partial charge in [-0.3, -0.25) is 14.4 Å². The fourth-order valence-electron chi connectivity index (χ4n) is 4.60. The van der Waals surface area contributed by atoms with Gasteiger partial charge in [0.25, 0.3) is 0 Å². The van der Waals surface area contributed by atoms with Crippen LogP contribution in [0.4, 0.5) is 0 Å². The first kappa shape index (κ1) is 34.1. The van der Waals surface area contributed by atoms with Crippen LogP contribution in [0.2, 0.25) is 0 Å². The molecule has 0 radical (unpaired) electrons. The Hall–Kier alpha value is -1.97. The summed E-state index contributed by atoms with van der Waals surface area (Å²) in [5.74, 6) is -0.673. The topological polar surface area (TPSA) is 117 Å². The lowest BCUT2D eigenvalue weighted by molar-refractivity contribution is -0.159. The minimum Gasteiger partial charge on any atom is -0.462 e. The van der Waals surface area contributed by atoms with E-state index in [1.807, 2.05) is 53.8 Å². The van der Waals surface area contributed by atoms with Crippen LogP contribution in [0.25, 0.3) is 0 Å².